The molecular formula is C16H12N4S. The summed E-state index contributed by atoms with van der Waals surface area (Å²) in [6.07, 6.45) is 5.32. The van der Waals surface area contributed by atoms with Gasteiger partial charge in [-0.25, -0.2) is 9.97 Å². The second-order valence-corrected chi connectivity index (χ2v) is 5.95. The first-order valence-electron chi connectivity index (χ1n) is 6.64. The Balaban J connectivity index is 1.87. The van der Waals surface area contributed by atoms with Gasteiger partial charge in [0.05, 0.1) is 11.3 Å². The highest BCUT2D eigenvalue weighted by atomic mass is 32.1. The Labute approximate surface area is 125 Å². The molecule has 5 heteroatoms. The van der Waals surface area contributed by atoms with E-state index in [-0.39, 0.29) is 0 Å². The number of H-pyrrole nitrogens is 1. The molecule has 102 valence electrons. The van der Waals surface area contributed by atoms with Crippen molar-refractivity contribution >= 4 is 22.5 Å². The van der Waals surface area contributed by atoms with Crippen LogP contribution in [0.25, 0.3) is 33.0 Å². The molecule has 0 radical (unpaired) electrons. The van der Waals surface area contributed by atoms with Gasteiger partial charge in [0.1, 0.15) is 10.5 Å². The lowest BCUT2D eigenvalue weighted by Crippen LogP contribution is -1.82. The van der Waals surface area contributed by atoms with E-state index in [1.807, 2.05) is 24.4 Å². The molecule has 0 unspecified atom stereocenters. The van der Waals surface area contributed by atoms with Crippen molar-refractivity contribution in [1.82, 2.24) is 19.9 Å². The first-order valence-corrected chi connectivity index (χ1v) is 7.46. The third-order valence-corrected chi connectivity index (χ3v) is 4.38. The smallest absolute Gasteiger partial charge is 0.156 e. The molecule has 21 heavy (non-hydrogen) atoms. The van der Waals surface area contributed by atoms with Gasteiger partial charge in [-0.05, 0) is 6.92 Å². The van der Waals surface area contributed by atoms with Crippen LogP contribution >= 0.6 is 11.3 Å². The molecule has 0 spiro atoms. The first kappa shape index (κ1) is 12.2. The molecule has 0 aliphatic carbocycles. The fourth-order valence-corrected chi connectivity index (χ4v) is 3.34. The van der Waals surface area contributed by atoms with Gasteiger partial charge in [0, 0.05) is 29.0 Å². The van der Waals surface area contributed by atoms with Crippen LogP contribution in [0.5, 0.6) is 0 Å². The van der Waals surface area contributed by atoms with Gasteiger partial charge in [-0.1, -0.05) is 30.3 Å². The molecule has 0 saturated heterocycles. The largest absolute Gasteiger partial charge is 0.344 e. The summed E-state index contributed by atoms with van der Waals surface area (Å²) >= 11 is 1.68. The molecule has 0 fully saturated rings. The molecular weight excluding hydrogens is 280 g/mol. The number of hydrogen-bond donors (Lipinski definition) is 1. The fourth-order valence-electron chi connectivity index (χ4n) is 2.39. The van der Waals surface area contributed by atoms with Crippen LogP contribution in [0.2, 0.25) is 0 Å². The Morgan fingerprint density at radius 2 is 1.86 bits per heavy atom. The number of fused-ring (bicyclic) bond motifs is 1. The number of nitrogens with one attached hydrogen (secondary N) is 1. The molecule has 1 N–H and O–H groups in total. The highest BCUT2D eigenvalue weighted by Crippen LogP contribution is 2.35. The Hall–Kier alpha value is -2.53. The lowest BCUT2D eigenvalue weighted by atomic mass is 10.1. The average Bonchev–Trinajstić information content (AvgIpc) is 3.11. The number of benzene rings is 1. The van der Waals surface area contributed by atoms with Gasteiger partial charge in [0.25, 0.3) is 0 Å². The van der Waals surface area contributed by atoms with Gasteiger partial charge in [0.2, 0.25) is 0 Å². The topological polar surface area (TPSA) is 54.5 Å². The Morgan fingerprint density at radius 3 is 2.71 bits per heavy atom. The summed E-state index contributed by atoms with van der Waals surface area (Å²) in [5.74, 6) is 0. The van der Waals surface area contributed by atoms with Crippen molar-refractivity contribution in [3.63, 3.8) is 0 Å². The van der Waals surface area contributed by atoms with Crippen LogP contribution < -0.4 is 0 Å². The summed E-state index contributed by atoms with van der Waals surface area (Å²) in [5.41, 5.74) is 4.85. The van der Waals surface area contributed by atoms with E-state index in [1.54, 1.807) is 23.7 Å². The number of nitrogens with zero attached hydrogens (tertiary/aromatic N) is 3. The van der Waals surface area contributed by atoms with E-state index >= 15 is 0 Å². The predicted molar refractivity (Wildman–Crippen MR) is 85.2 cm³/mol. The van der Waals surface area contributed by atoms with Crippen LogP contribution in [0.4, 0.5) is 0 Å². The molecule has 0 aliphatic rings. The fraction of sp³-hybridized carbons (Fsp3) is 0.0625. The maximum atomic E-state index is 4.80. The molecule has 0 amide bonds. The highest BCUT2D eigenvalue weighted by Gasteiger charge is 2.15. The normalized spacial score (nSPS) is 11.1. The standard InChI is InChI=1S/C16H12N4S/c1-10-13(11-5-3-2-4-6-11)20-16(21-10)12-9-19-15-14(12)17-7-8-18-15/h2-9H,1H3,(H,18,19). The molecule has 0 bridgehead atoms. The van der Waals surface area contributed by atoms with Crippen molar-refractivity contribution in [1.29, 1.82) is 0 Å². The quantitative estimate of drug-likeness (QED) is 0.606. The molecule has 0 saturated carbocycles. The minimum absolute atomic E-state index is 0.793. The first-order chi connectivity index (χ1) is 10.3. The van der Waals surface area contributed by atoms with Gasteiger partial charge < -0.3 is 4.98 Å². The number of rotatable bonds is 2. The molecule has 4 aromatic rings. The minimum atomic E-state index is 0.793. The van der Waals surface area contributed by atoms with Crippen LogP contribution in [0, 0.1) is 6.92 Å². The van der Waals surface area contributed by atoms with E-state index in [1.165, 1.54) is 4.88 Å². The van der Waals surface area contributed by atoms with Crippen LogP contribution in [0.1, 0.15) is 4.88 Å². The van der Waals surface area contributed by atoms with Gasteiger partial charge in [-0.15, -0.1) is 11.3 Å². The van der Waals surface area contributed by atoms with Crippen molar-refractivity contribution in [2.24, 2.45) is 0 Å². The third kappa shape index (κ3) is 2.02. The van der Waals surface area contributed by atoms with Crippen molar-refractivity contribution in [2.75, 3.05) is 0 Å². The van der Waals surface area contributed by atoms with Crippen LogP contribution in [-0.4, -0.2) is 19.9 Å². The van der Waals surface area contributed by atoms with Gasteiger partial charge >= 0.3 is 0 Å². The molecule has 3 aromatic heterocycles. The van der Waals surface area contributed by atoms with E-state index in [9.17, 15) is 0 Å². The zero-order valence-electron chi connectivity index (χ0n) is 11.4. The summed E-state index contributed by atoms with van der Waals surface area (Å²) in [6.45, 7) is 2.10. The lowest BCUT2D eigenvalue weighted by Gasteiger charge is -1.96. The van der Waals surface area contributed by atoms with E-state index in [0.717, 1.165) is 33.0 Å². The molecule has 0 aliphatic heterocycles. The number of aromatic amines is 1. The third-order valence-electron chi connectivity index (χ3n) is 3.38. The number of aryl methyl sites for hydroxylation is 1. The van der Waals surface area contributed by atoms with E-state index in [4.69, 9.17) is 4.98 Å². The number of aromatic nitrogens is 4. The summed E-state index contributed by atoms with van der Waals surface area (Å²) in [7, 11) is 0. The van der Waals surface area contributed by atoms with Crippen molar-refractivity contribution in [3.05, 3.63) is 53.8 Å². The molecule has 0 atom stereocenters. The van der Waals surface area contributed by atoms with Crippen molar-refractivity contribution in [3.8, 4) is 21.8 Å². The predicted octanol–water partition coefficient (Wildman–Crippen LogP) is 4.06. The summed E-state index contributed by atoms with van der Waals surface area (Å²) in [4.78, 5) is 17.8. The Bertz CT molecular complexity index is 908. The zero-order valence-corrected chi connectivity index (χ0v) is 12.2. The number of hydrogen-bond acceptors (Lipinski definition) is 4. The van der Waals surface area contributed by atoms with E-state index in [0.29, 0.717) is 0 Å². The lowest BCUT2D eigenvalue weighted by molar-refractivity contribution is 1.26. The van der Waals surface area contributed by atoms with Crippen LogP contribution in [-0.2, 0) is 0 Å². The Kier molecular flexibility index (Phi) is 2.79. The Morgan fingerprint density at radius 1 is 1.05 bits per heavy atom. The van der Waals surface area contributed by atoms with Crippen LogP contribution in [0.15, 0.2) is 48.9 Å². The van der Waals surface area contributed by atoms with Gasteiger partial charge in [-0.3, -0.25) is 4.98 Å². The minimum Gasteiger partial charge on any atom is -0.344 e. The molecule has 1 aromatic carbocycles. The zero-order chi connectivity index (χ0) is 14.2. The monoisotopic (exact) mass is 292 g/mol. The van der Waals surface area contributed by atoms with Gasteiger partial charge in [0.15, 0.2) is 5.65 Å². The SMILES string of the molecule is Cc1sc(-c2c[nH]c3nccnc23)nc1-c1ccccc1. The van der Waals surface area contributed by atoms with Gasteiger partial charge in [-0.2, -0.15) is 0 Å². The number of thiazole rings is 1. The van der Waals surface area contributed by atoms with Crippen molar-refractivity contribution in [2.45, 2.75) is 6.92 Å². The molecule has 4 rings (SSSR count). The van der Waals surface area contributed by atoms with E-state index in [2.05, 4.69) is 34.0 Å². The van der Waals surface area contributed by atoms with E-state index < -0.39 is 0 Å². The maximum absolute atomic E-state index is 4.80. The summed E-state index contributed by atoms with van der Waals surface area (Å²) < 4.78 is 0. The summed E-state index contributed by atoms with van der Waals surface area (Å²) in [5, 5.41) is 0.970. The maximum Gasteiger partial charge on any atom is 0.156 e. The van der Waals surface area contributed by atoms with Crippen LogP contribution in [0.3, 0.4) is 0 Å². The second kappa shape index (κ2) is 4.79. The average molecular weight is 292 g/mol. The highest BCUT2D eigenvalue weighted by molar-refractivity contribution is 7.15. The second-order valence-electron chi connectivity index (χ2n) is 4.75. The summed E-state index contributed by atoms with van der Waals surface area (Å²) in [6, 6.07) is 10.2. The molecule has 4 nitrogen and oxygen atoms in total. The molecule has 3 heterocycles. The van der Waals surface area contributed by atoms with Crippen molar-refractivity contribution < 1.29 is 0 Å².